The first kappa shape index (κ1) is 11.6. The monoisotopic (exact) mass is 224 g/mol. The molecule has 16 heavy (non-hydrogen) atoms. The number of likely N-dealkylation sites (tertiary alicyclic amines) is 1. The molecule has 1 atom stereocenters. The van der Waals surface area contributed by atoms with Crippen LogP contribution in [0.2, 0.25) is 0 Å². The van der Waals surface area contributed by atoms with Crippen LogP contribution in [0.15, 0.2) is 4.52 Å². The lowest BCUT2D eigenvalue weighted by Crippen LogP contribution is -2.36. The summed E-state index contributed by atoms with van der Waals surface area (Å²) in [5.41, 5.74) is 2.20. The second kappa shape index (κ2) is 4.97. The Labute approximate surface area is 96.2 Å². The van der Waals surface area contributed by atoms with Crippen LogP contribution in [0.1, 0.15) is 29.9 Å². The maximum atomic E-state index is 9.19. The topological polar surface area (TPSA) is 49.5 Å². The van der Waals surface area contributed by atoms with E-state index in [9.17, 15) is 5.11 Å². The number of nitrogens with zero attached hydrogens (tertiary/aromatic N) is 2. The van der Waals surface area contributed by atoms with E-state index in [1.54, 1.807) is 0 Å². The number of aromatic nitrogens is 1. The average molecular weight is 224 g/mol. The van der Waals surface area contributed by atoms with Crippen molar-refractivity contribution in [3.63, 3.8) is 0 Å². The first-order valence-electron chi connectivity index (χ1n) is 5.95. The van der Waals surface area contributed by atoms with Crippen LogP contribution in [-0.4, -0.2) is 34.9 Å². The molecule has 1 fully saturated rings. The number of aryl methyl sites for hydroxylation is 2. The summed E-state index contributed by atoms with van der Waals surface area (Å²) in [6.07, 6.45) is 2.32. The molecule has 1 aromatic heterocycles. The summed E-state index contributed by atoms with van der Waals surface area (Å²) in [6, 6.07) is 0. The van der Waals surface area contributed by atoms with Gasteiger partial charge in [-0.05, 0) is 39.2 Å². The second-order valence-electron chi connectivity index (χ2n) is 4.73. The number of hydrogen-bond donors (Lipinski definition) is 1. The van der Waals surface area contributed by atoms with Gasteiger partial charge in [0.15, 0.2) is 0 Å². The van der Waals surface area contributed by atoms with Crippen LogP contribution in [0.3, 0.4) is 0 Å². The van der Waals surface area contributed by atoms with Crippen LogP contribution < -0.4 is 0 Å². The van der Waals surface area contributed by atoms with E-state index in [-0.39, 0.29) is 0 Å². The Morgan fingerprint density at radius 2 is 2.31 bits per heavy atom. The molecule has 0 spiro atoms. The van der Waals surface area contributed by atoms with Gasteiger partial charge in [-0.3, -0.25) is 4.90 Å². The fourth-order valence-electron chi connectivity index (χ4n) is 2.40. The number of hydrogen-bond acceptors (Lipinski definition) is 4. The molecule has 2 heterocycles. The molecule has 0 aromatic carbocycles. The van der Waals surface area contributed by atoms with E-state index in [4.69, 9.17) is 4.52 Å². The van der Waals surface area contributed by atoms with Crippen molar-refractivity contribution in [3.05, 3.63) is 17.0 Å². The van der Waals surface area contributed by atoms with Crippen LogP contribution in [0.4, 0.5) is 0 Å². The second-order valence-corrected chi connectivity index (χ2v) is 4.73. The summed E-state index contributed by atoms with van der Waals surface area (Å²) >= 11 is 0. The highest BCUT2D eigenvalue weighted by Gasteiger charge is 2.21. The third-order valence-corrected chi connectivity index (χ3v) is 3.42. The van der Waals surface area contributed by atoms with Gasteiger partial charge in [-0.15, -0.1) is 0 Å². The number of rotatable bonds is 3. The summed E-state index contributed by atoms with van der Waals surface area (Å²) in [5.74, 6) is 1.36. The first-order valence-corrected chi connectivity index (χ1v) is 5.95. The lowest BCUT2D eigenvalue weighted by Gasteiger charge is -2.31. The number of aliphatic hydroxyl groups is 1. The first-order chi connectivity index (χ1) is 7.70. The Kier molecular flexibility index (Phi) is 3.61. The van der Waals surface area contributed by atoms with Crippen molar-refractivity contribution in [2.24, 2.45) is 5.92 Å². The maximum absolute atomic E-state index is 9.19. The van der Waals surface area contributed by atoms with Crippen molar-refractivity contribution in [1.82, 2.24) is 10.1 Å². The van der Waals surface area contributed by atoms with E-state index in [1.807, 2.05) is 13.8 Å². The normalized spacial score (nSPS) is 22.6. The molecule has 0 amide bonds. The summed E-state index contributed by atoms with van der Waals surface area (Å²) < 4.78 is 5.16. The fourth-order valence-corrected chi connectivity index (χ4v) is 2.40. The fraction of sp³-hybridized carbons (Fsp3) is 0.750. The van der Waals surface area contributed by atoms with E-state index >= 15 is 0 Å². The highest BCUT2D eigenvalue weighted by atomic mass is 16.5. The van der Waals surface area contributed by atoms with E-state index in [2.05, 4.69) is 10.1 Å². The minimum Gasteiger partial charge on any atom is -0.396 e. The van der Waals surface area contributed by atoms with Gasteiger partial charge in [0.1, 0.15) is 5.76 Å². The minimum absolute atomic E-state index is 0.304. The molecule has 90 valence electrons. The van der Waals surface area contributed by atoms with E-state index in [0.717, 1.165) is 37.5 Å². The van der Waals surface area contributed by atoms with Crippen molar-refractivity contribution in [3.8, 4) is 0 Å². The quantitative estimate of drug-likeness (QED) is 0.845. The van der Waals surface area contributed by atoms with Crippen LogP contribution in [-0.2, 0) is 6.54 Å². The molecular formula is C12H20N2O2. The van der Waals surface area contributed by atoms with E-state index in [1.165, 1.54) is 12.0 Å². The van der Waals surface area contributed by atoms with Crippen LogP contribution in [0.5, 0.6) is 0 Å². The molecule has 1 saturated heterocycles. The number of aliphatic hydroxyl groups excluding tert-OH is 1. The van der Waals surface area contributed by atoms with Gasteiger partial charge >= 0.3 is 0 Å². The van der Waals surface area contributed by atoms with Gasteiger partial charge < -0.3 is 9.63 Å². The number of piperidine rings is 1. The standard InChI is InChI=1S/C12H20N2O2/c1-9-12(10(2)16-13-9)7-14-5-3-4-11(6-14)8-15/h11,15H,3-8H2,1-2H3/t11-/m0/s1. The highest BCUT2D eigenvalue weighted by molar-refractivity contribution is 5.20. The summed E-state index contributed by atoms with van der Waals surface area (Å²) in [5, 5.41) is 13.2. The molecular weight excluding hydrogens is 204 g/mol. The molecule has 2 rings (SSSR count). The molecule has 0 aliphatic carbocycles. The van der Waals surface area contributed by atoms with Crippen molar-refractivity contribution in [2.75, 3.05) is 19.7 Å². The highest BCUT2D eigenvalue weighted by Crippen LogP contribution is 2.20. The molecule has 0 bridgehead atoms. The lowest BCUT2D eigenvalue weighted by molar-refractivity contribution is 0.115. The zero-order chi connectivity index (χ0) is 11.5. The van der Waals surface area contributed by atoms with Gasteiger partial charge in [-0.25, -0.2) is 0 Å². The molecule has 0 saturated carbocycles. The van der Waals surface area contributed by atoms with Gasteiger partial charge in [0, 0.05) is 25.3 Å². The Balaban J connectivity index is 1.99. The Bertz CT molecular complexity index is 329. The molecule has 1 aliphatic heterocycles. The third-order valence-electron chi connectivity index (χ3n) is 3.42. The van der Waals surface area contributed by atoms with Gasteiger partial charge in [-0.2, -0.15) is 0 Å². The van der Waals surface area contributed by atoms with Crippen LogP contribution in [0.25, 0.3) is 0 Å². The summed E-state index contributed by atoms with van der Waals surface area (Å²) in [6.45, 7) is 7.25. The SMILES string of the molecule is Cc1noc(C)c1CN1CCC[C@H](CO)C1. The van der Waals surface area contributed by atoms with E-state index < -0.39 is 0 Å². The predicted molar refractivity (Wildman–Crippen MR) is 61.1 cm³/mol. The van der Waals surface area contributed by atoms with Crippen LogP contribution >= 0.6 is 0 Å². The van der Waals surface area contributed by atoms with Crippen molar-refractivity contribution in [1.29, 1.82) is 0 Å². The summed E-state index contributed by atoms with van der Waals surface area (Å²) in [7, 11) is 0. The lowest BCUT2D eigenvalue weighted by atomic mass is 9.98. The average Bonchev–Trinajstić information content (AvgIpc) is 2.61. The zero-order valence-corrected chi connectivity index (χ0v) is 10.1. The molecule has 1 aliphatic rings. The Morgan fingerprint density at radius 1 is 1.50 bits per heavy atom. The van der Waals surface area contributed by atoms with Gasteiger partial charge in [0.05, 0.1) is 5.69 Å². The van der Waals surface area contributed by atoms with Crippen molar-refractivity contribution >= 4 is 0 Å². The minimum atomic E-state index is 0.304. The van der Waals surface area contributed by atoms with Crippen LogP contribution in [0, 0.1) is 19.8 Å². The third kappa shape index (κ3) is 2.44. The molecule has 1 aromatic rings. The summed E-state index contributed by atoms with van der Waals surface area (Å²) in [4.78, 5) is 2.39. The Morgan fingerprint density at radius 3 is 2.94 bits per heavy atom. The van der Waals surface area contributed by atoms with E-state index in [0.29, 0.717) is 12.5 Å². The largest absolute Gasteiger partial charge is 0.396 e. The smallest absolute Gasteiger partial charge is 0.138 e. The maximum Gasteiger partial charge on any atom is 0.138 e. The van der Waals surface area contributed by atoms with Gasteiger partial charge in [0.2, 0.25) is 0 Å². The van der Waals surface area contributed by atoms with Gasteiger partial charge in [0.25, 0.3) is 0 Å². The predicted octanol–water partition coefficient (Wildman–Crippen LogP) is 1.50. The zero-order valence-electron chi connectivity index (χ0n) is 10.1. The molecule has 4 nitrogen and oxygen atoms in total. The Hall–Kier alpha value is -0.870. The van der Waals surface area contributed by atoms with Gasteiger partial charge in [-0.1, -0.05) is 5.16 Å². The molecule has 1 N–H and O–H groups in total. The van der Waals surface area contributed by atoms with Crippen molar-refractivity contribution in [2.45, 2.75) is 33.2 Å². The molecule has 0 radical (unpaired) electrons. The van der Waals surface area contributed by atoms with Crippen molar-refractivity contribution < 1.29 is 9.63 Å². The molecule has 0 unspecified atom stereocenters. The molecule has 4 heteroatoms.